The molecule has 0 radical (unpaired) electrons. The van der Waals surface area contributed by atoms with E-state index in [4.69, 9.17) is 11.6 Å². The Morgan fingerprint density at radius 3 is 2.94 bits per heavy atom. The van der Waals surface area contributed by atoms with Crippen LogP contribution in [-0.2, 0) is 7.05 Å². The topological polar surface area (TPSA) is 56.5 Å². The van der Waals surface area contributed by atoms with Gasteiger partial charge in [-0.1, -0.05) is 0 Å². The van der Waals surface area contributed by atoms with E-state index in [1.807, 2.05) is 18.5 Å². The highest BCUT2D eigenvalue weighted by molar-refractivity contribution is 7.99. The summed E-state index contributed by atoms with van der Waals surface area (Å²) < 4.78 is 1.84. The maximum Gasteiger partial charge on any atom is 0.224 e. The summed E-state index contributed by atoms with van der Waals surface area (Å²) in [5.41, 5.74) is 0. The van der Waals surface area contributed by atoms with E-state index in [-0.39, 0.29) is 5.28 Å². The van der Waals surface area contributed by atoms with Gasteiger partial charge in [0.25, 0.3) is 0 Å². The van der Waals surface area contributed by atoms with Crippen LogP contribution in [-0.4, -0.2) is 24.7 Å². The lowest BCUT2D eigenvalue weighted by atomic mass is 10.4. The normalized spacial score (nSPS) is 11.3. The van der Waals surface area contributed by atoms with Gasteiger partial charge in [-0.3, -0.25) is 0 Å². The molecule has 5 nitrogen and oxygen atoms in total. The van der Waals surface area contributed by atoms with E-state index in [0.717, 1.165) is 20.4 Å². The van der Waals surface area contributed by atoms with Crippen LogP contribution in [0.15, 0.2) is 22.6 Å². The summed E-state index contributed by atoms with van der Waals surface area (Å²) in [7, 11) is 1.89. The summed E-state index contributed by atoms with van der Waals surface area (Å²) in [4.78, 5) is 10.6. The first-order valence-electron chi connectivity index (χ1n) is 5.09. The molecule has 0 saturated carbocycles. The highest BCUT2D eigenvalue weighted by Gasteiger charge is 2.13. The first-order valence-corrected chi connectivity index (χ1v) is 7.10. The van der Waals surface area contributed by atoms with Gasteiger partial charge in [0.05, 0.1) is 0 Å². The number of fused-ring (bicyclic) bond motifs is 1. The van der Waals surface area contributed by atoms with Crippen molar-refractivity contribution in [3.05, 3.63) is 22.6 Å². The van der Waals surface area contributed by atoms with Crippen LogP contribution in [0.25, 0.3) is 10.2 Å². The predicted molar refractivity (Wildman–Crippen MR) is 72.3 cm³/mol. The second-order valence-corrected chi connectivity index (χ2v) is 6.23. The third kappa shape index (κ3) is 2.09. The summed E-state index contributed by atoms with van der Waals surface area (Å²) >= 11 is 8.99. The third-order valence-corrected chi connectivity index (χ3v) is 4.48. The Kier molecular flexibility index (Phi) is 2.96. The quantitative estimate of drug-likeness (QED) is 0.538. The molecule has 0 unspecified atom stereocenters. The number of aromatic nitrogens is 5. The zero-order chi connectivity index (χ0) is 12.7. The lowest BCUT2D eigenvalue weighted by Crippen LogP contribution is -1.91. The van der Waals surface area contributed by atoms with Crippen molar-refractivity contribution in [2.45, 2.75) is 17.1 Å². The van der Waals surface area contributed by atoms with Crippen molar-refractivity contribution in [1.82, 2.24) is 24.7 Å². The molecule has 0 spiro atoms. The maximum atomic E-state index is 5.94. The molecule has 92 valence electrons. The molecule has 0 N–H and O–H groups in total. The molecule has 3 aromatic rings. The van der Waals surface area contributed by atoms with E-state index in [1.54, 1.807) is 17.7 Å². The highest BCUT2D eigenvalue weighted by Crippen LogP contribution is 2.34. The molecule has 0 aliphatic rings. The number of hydrogen-bond acceptors (Lipinski definition) is 6. The van der Waals surface area contributed by atoms with Crippen LogP contribution in [0.3, 0.4) is 0 Å². The zero-order valence-corrected chi connectivity index (χ0v) is 12.0. The van der Waals surface area contributed by atoms with Gasteiger partial charge in [0.1, 0.15) is 16.2 Å². The molecule has 3 rings (SSSR count). The fourth-order valence-electron chi connectivity index (χ4n) is 1.52. The molecule has 0 atom stereocenters. The van der Waals surface area contributed by atoms with Crippen LogP contribution in [0, 0.1) is 6.92 Å². The number of aryl methyl sites for hydroxylation is 2. The molecule has 0 bridgehead atoms. The fourth-order valence-corrected chi connectivity index (χ4v) is 3.58. The lowest BCUT2D eigenvalue weighted by Gasteiger charge is -2.01. The van der Waals surface area contributed by atoms with Crippen molar-refractivity contribution in [3.8, 4) is 0 Å². The number of nitrogens with zero attached hydrogens (tertiary/aromatic N) is 5. The minimum Gasteiger partial charge on any atom is -0.311 e. The molecule has 0 fully saturated rings. The number of halogens is 1. The van der Waals surface area contributed by atoms with E-state index in [0.29, 0.717) is 0 Å². The molecular weight excluding hydrogens is 290 g/mol. The van der Waals surface area contributed by atoms with Gasteiger partial charge in [-0.25, -0.2) is 9.97 Å². The summed E-state index contributed by atoms with van der Waals surface area (Å²) in [5, 5.41) is 10.7. The van der Waals surface area contributed by atoms with Gasteiger partial charge in [0, 0.05) is 17.3 Å². The van der Waals surface area contributed by atoms with Crippen LogP contribution in [0.2, 0.25) is 5.28 Å². The second-order valence-electron chi connectivity index (χ2n) is 3.70. The molecule has 0 aliphatic carbocycles. The lowest BCUT2D eigenvalue weighted by molar-refractivity contribution is 0.787. The van der Waals surface area contributed by atoms with Gasteiger partial charge < -0.3 is 4.57 Å². The summed E-state index contributed by atoms with van der Waals surface area (Å²) in [5.74, 6) is 0. The summed E-state index contributed by atoms with van der Waals surface area (Å²) in [6.45, 7) is 2.04. The van der Waals surface area contributed by atoms with Crippen molar-refractivity contribution in [2.75, 3.05) is 0 Å². The summed E-state index contributed by atoms with van der Waals surface area (Å²) in [6, 6.07) is 2.06. The Labute approximate surface area is 116 Å². The van der Waals surface area contributed by atoms with Crippen LogP contribution < -0.4 is 0 Å². The monoisotopic (exact) mass is 297 g/mol. The van der Waals surface area contributed by atoms with Crippen LogP contribution >= 0.6 is 34.7 Å². The van der Waals surface area contributed by atoms with Crippen molar-refractivity contribution in [3.63, 3.8) is 0 Å². The van der Waals surface area contributed by atoms with Gasteiger partial charge in [-0.15, -0.1) is 21.5 Å². The third-order valence-electron chi connectivity index (χ3n) is 2.31. The van der Waals surface area contributed by atoms with E-state index < -0.39 is 0 Å². The summed E-state index contributed by atoms with van der Waals surface area (Å²) in [6.07, 6.45) is 1.65. The molecule has 0 aromatic carbocycles. The standard InChI is InChI=1S/C10H8ClN5S2/c1-5-3-6-7(17-5)13-9(11)14-8(6)18-10-15-12-4-16(10)2/h3-4H,1-2H3. The molecule has 0 saturated heterocycles. The van der Waals surface area contributed by atoms with Crippen molar-refractivity contribution in [1.29, 1.82) is 0 Å². The Balaban J connectivity index is 2.13. The molecule has 0 aliphatic heterocycles. The van der Waals surface area contributed by atoms with Crippen molar-refractivity contribution in [2.24, 2.45) is 7.05 Å². The molecule has 8 heteroatoms. The van der Waals surface area contributed by atoms with Crippen LogP contribution in [0.1, 0.15) is 4.88 Å². The molecule has 18 heavy (non-hydrogen) atoms. The SMILES string of the molecule is Cc1cc2c(Sc3nncn3C)nc(Cl)nc2s1. The average Bonchev–Trinajstić information content (AvgIpc) is 2.85. The first-order chi connectivity index (χ1) is 8.63. The fraction of sp³-hybridized carbons (Fsp3) is 0.200. The smallest absolute Gasteiger partial charge is 0.224 e. The van der Waals surface area contributed by atoms with Crippen LogP contribution in [0.4, 0.5) is 0 Å². The second kappa shape index (κ2) is 4.49. The zero-order valence-electron chi connectivity index (χ0n) is 9.59. The van der Waals surface area contributed by atoms with E-state index in [1.165, 1.54) is 16.6 Å². The van der Waals surface area contributed by atoms with Crippen molar-refractivity contribution < 1.29 is 0 Å². The maximum absolute atomic E-state index is 5.94. The predicted octanol–water partition coefficient (Wildman–Crippen LogP) is 2.93. The largest absolute Gasteiger partial charge is 0.311 e. The van der Waals surface area contributed by atoms with Gasteiger partial charge in [-0.2, -0.15) is 0 Å². The van der Waals surface area contributed by atoms with Gasteiger partial charge >= 0.3 is 0 Å². The molecular formula is C10H8ClN5S2. The Bertz CT molecular complexity index is 720. The minimum absolute atomic E-state index is 0.258. The van der Waals surface area contributed by atoms with E-state index in [9.17, 15) is 0 Å². The highest BCUT2D eigenvalue weighted by atomic mass is 35.5. The number of hydrogen-bond donors (Lipinski definition) is 0. The Morgan fingerprint density at radius 2 is 2.22 bits per heavy atom. The van der Waals surface area contributed by atoms with Gasteiger partial charge in [0.2, 0.25) is 5.28 Å². The minimum atomic E-state index is 0.258. The number of rotatable bonds is 2. The van der Waals surface area contributed by atoms with Gasteiger partial charge in [-0.05, 0) is 36.4 Å². The van der Waals surface area contributed by atoms with Gasteiger partial charge in [0.15, 0.2) is 5.16 Å². The first kappa shape index (κ1) is 11.9. The molecule has 3 aromatic heterocycles. The molecule has 0 amide bonds. The van der Waals surface area contributed by atoms with Crippen molar-refractivity contribution >= 4 is 44.9 Å². The number of thiophene rings is 1. The van der Waals surface area contributed by atoms with Crippen LogP contribution in [0.5, 0.6) is 0 Å². The Hall–Kier alpha value is -1.18. The average molecular weight is 298 g/mol. The Morgan fingerprint density at radius 1 is 1.39 bits per heavy atom. The van der Waals surface area contributed by atoms with E-state index in [2.05, 4.69) is 26.2 Å². The molecule has 3 heterocycles. The van der Waals surface area contributed by atoms with E-state index >= 15 is 0 Å².